The Kier molecular flexibility index (Phi) is 5.00. The number of nitrogens with zero attached hydrogens (tertiary/aromatic N) is 2. The number of hydrogen-bond acceptors (Lipinski definition) is 5. The number of nitrogens with one attached hydrogen (secondary N) is 1. The highest BCUT2D eigenvalue weighted by Crippen LogP contribution is 2.26. The number of hydrogen-bond donors (Lipinski definition) is 2. The number of aromatic hydroxyl groups is 1. The Morgan fingerprint density at radius 3 is 2.71 bits per heavy atom. The second kappa shape index (κ2) is 6.95. The zero-order valence-corrected chi connectivity index (χ0v) is 12.6. The molecular formula is C16H21N3O2. The first kappa shape index (κ1) is 15.1. The van der Waals surface area contributed by atoms with Crippen LogP contribution in [-0.2, 0) is 13.1 Å². The summed E-state index contributed by atoms with van der Waals surface area (Å²) >= 11 is 0. The Hall–Kier alpha value is -2.27. The van der Waals surface area contributed by atoms with Gasteiger partial charge in [-0.2, -0.15) is 0 Å². The molecule has 1 heterocycles. The molecule has 5 heteroatoms. The third-order valence-corrected chi connectivity index (χ3v) is 3.25. The van der Waals surface area contributed by atoms with Crippen LogP contribution in [0.5, 0.6) is 11.5 Å². The molecule has 1 aromatic heterocycles. The minimum Gasteiger partial charge on any atom is -0.504 e. The number of anilines is 1. The molecule has 1 aromatic carbocycles. The maximum Gasteiger partial charge on any atom is 0.160 e. The molecule has 0 aliphatic rings. The van der Waals surface area contributed by atoms with Crippen molar-refractivity contribution in [2.75, 3.05) is 26.1 Å². The number of pyridine rings is 1. The van der Waals surface area contributed by atoms with Gasteiger partial charge in [0.2, 0.25) is 0 Å². The van der Waals surface area contributed by atoms with Gasteiger partial charge in [0.05, 0.1) is 7.11 Å². The maximum atomic E-state index is 9.76. The molecule has 0 amide bonds. The molecule has 2 N–H and O–H groups in total. The summed E-state index contributed by atoms with van der Waals surface area (Å²) in [5.41, 5.74) is 3.29. The van der Waals surface area contributed by atoms with Crippen LogP contribution in [0.1, 0.15) is 11.1 Å². The molecule has 0 saturated carbocycles. The van der Waals surface area contributed by atoms with E-state index >= 15 is 0 Å². The van der Waals surface area contributed by atoms with Crippen LogP contribution in [0.3, 0.4) is 0 Å². The predicted molar refractivity (Wildman–Crippen MR) is 83.8 cm³/mol. The van der Waals surface area contributed by atoms with E-state index in [-0.39, 0.29) is 5.75 Å². The van der Waals surface area contributed by atoms with Crippen molar-refractivity contribution < 1.29 is 9.84 Å². The zero-order chi connectivity index (χ0) is 15.2. The molecule has 0 fully saturated rings. The van der Waals surface area contributed by atoms with Crippen LogP contribution in [-0.4, -0.2) is 31.3 Å². The van der Waals surface area contributed by atoms with Crippen molar-refractivity contribution in [3.8, 4) is 11.5 Å². The Balaban J connectivity index is 1.97. The lowest BCUT2D eigenvalue weighted by atomic mass is 10.2. The zero-order valence-electron chi connectivity index (χ0n) is 12.6. The SMILES string of the molecule is COc1ccc(CNCc2cnccc2N(C)C)cc1O. The Labute approximate surface area is 125 Å². The van der Waals surface area contributed by atoms with Crippen LogP contribution in [0, 0.1) is 0 Å². The summed E-state index contributed by atoms with van der Waals surface area (Å²) in [7, 11) is 5.57. The maximum absolute atomic E-state index is 9.76. The molecule has 112 valence electrons. The van der Waals surface area contributed by atoms with Crippen molar-refractivity contribution >= 4 is 5.69 Å². The second-order valence-corrected chi connectivity index (χ2v) is 5.01. The number of methoxy groups -OCH3 is 1. The molecule has 21 heavy (non-hydrogen) atoms. The topological polar surface area (TPSA) is 57.6 Å². The average Bonchev–Trinajstić information content (AvgIpc) is 2.48. The molecule has 2 rings (SSSR count). The first-order valence-electron chi connectivity index (χ1n) is 6.78. The van der Waals surface area contributed by atoms with E-state index in [0.717, 1.165) is 16.8 Å². The van der Waals surface area contributed by atoms with E-state index < -0.39 is 0 Å². The molecule has 0 radical (unpaired) electrons. The Morgan fingerprint density at radius 2 is 2.05 bits per heavy atom. The molecule has 0 saturated heterocycles. The van der Waals surface area contributed by atoms with Crippen molar-refractivity contribution in [1.29, 1.82) is 0 Å². The highest BCUT2D eigenvalue weighted by atomic mass is 16.5. The second-order valence-electron chi connectivity index (χ2n) is 5.01. The lowest BCUT2D eigenvalue weighted by Gasteiger charge is -2.17. The summed E-state index contributed by atoms with van der Waals surface area (Å²) in [6, 6.07) is 7.40. The molecule has 0 bridgehead atoms. The van der Waals surface area contributed by atoms with E-state index in [1.807, 2.05) is 32.4 Å². The largest absolute Gasteiger partial charge is 0.504 e. The van der Waals surface area contributed by atoms with Gasteiger partial charge in [-0.3, -0.25) is 4.98 Å². The Morgan fingerprint density at radius 1 is 1.24 bits per heavy atom. The number of benzene rings is 1. The van der Waals surface area contributed by atoms with Gasteiger partial charge in [0.25, 0.3) is 0 Å². The van der Waals surface area contributed by atoms with Gasteiger partial charge in [-0.15, -0.1) is 0 Å². The van der Waals surface area contributed by atoms with Gasteiger partial charge in [0.1, 0.15) is 0 Å². The van der Waals surface area contributed by atoms with E-state index in [9.17, 15) is 5.11 Å². The van der Waals surface area contributed by atoms with Crippen molar-refractivity contribution in [1.82, 2.24) is 10.3 Å². The van der Waals surface area contributed by atoms with Crippen LogP contribution in [0.15, 0.2) is 36.7 Å². The summed E-state index contributed by atoms with van der Waals surface area (Å²) in [6.07, 6.45) is 3.66. The number of phenols is 1. The molecule has 0 unspecified atom stereocenters. The van der Waals surface area contributed by atoms with Crippen LogP contribution in [0.2, 0.25) is 0 Å². The first-order chi connectivity index (χ1) is 10.1. The summed E-state index contributed by atoms with van der Waals surface area (Å²) in [5, 5.41) is 13.1. The van der Waals surface area contributed by atoms with Crippen molar-refractivity contribution in [3.63, 3.8) is 0 Å². The third kappa shape index (κ3) is 3.86. The first-order valence-corrected chi connectivity index (χ1v) is 6.78. The van der Waals surface area contributed by atoms with E-state index in [4.69, 9.17) is 4.74 Å². The van der Waals surface area contributed by atoms with Crippen LogP contribution < -0.4 is 15.0 Å². The van der Waals surface area contributed by atoms with Crippen molar-refractivity contribution in [2.45, 2.75) is 13.1 Å². The van der Waals surface area contributed by atoms with Crippen molar-refractivity contribution in [2.24, 2.45) is 0 Å². The van der Waals surface area contributed by atoms with E-state index in [0.29, 0.717) is 18.8 Å². The highest BCUT2D eigenvalue weighted by Gasteiger charge is 2.05. The normalized spacial score (nSPS) is 10.4. The van der Waals surface area contributed by atoms with Gasteiger partial charge in [-0.1, -0.05) is 6.07 Å². The fourth-order valence-corrected chi connectivity index (χ4v) is 2.18. The molecular weight excluding hydrogens is 266 g/mol. The smallest absolute Gasteiger partial charge is 0.160 e. The number of phenolic OH excluding ortho intramolecular Hbond substituents is 1. The summed E-state index contributed by atoms with van der Waals surface area (Å²) < 4.78 is 5.03. The minimum absolute atomic E-state index is 0.159. The number of rotatable bonds is 6. The monoisotopic (exact) mass is 287 g/mol. The molecule has 0 aliphatic heterocycles. The minimum atomic E-state index is 0.159. The van der Waals surface area contributed by atoms with Gasteiger partial charge < -0.3 is 20.1 Å². The molecule has 0 aliphatic carbocycles. The van der Waals surface area contributed by atoms with Gasteiger partial charge in [-0.25, -0.2) is 0 Å². The van der Waals surface area contributed by atoms with Gasteiger partial charge in [-0.05, 0) is 23.8 Å². The fourth-order valence-electron chi connectivity index (χ4n) is 2.18. The quantitative estimate of drug-likeness (QED) is 0.852. The van der Waals surface area contributed by atoms with Gasteiger partial charge >= 0.3 is 0 Å². The number of aromatic nitrogens is 1. The van der Waals surface area contributed by atoms with Gasteiger partial charge in [0.15, 0.2) is 11.5 Å². The predicted octanol–water partition coefficient (Wildman–Crippen LogP) is 2.15. The fraction of sp³-hybridized carbons (Fsp3) is 0.312. The number of ether oxygens (including phenoxy) is 1. The van der Waals surface area contributed by atoms with Gasteiger partial charge in [0, 0.05) is 50.8 Å². The highest BCUT2D eigenvalue weighted by molar-refractivity contribution is 5.50. The molecule has 0 spiro atoms. The molecule has 5 nitrogen and oxygen atoms in total. The van der Waals surface area contributed by atoms with E-state index in [1.165, 1.54) is 7.11 Å². The molecule has 0 atom stereocenters. The van der Waals surface area contributed by atoms with Crippen LogP contribution in [0.4, 0.5) is 5.69 Å². The average molecular weight is 287 g/mol. The Bertz CT molecular complexity index is 600. The van der Waals surface area contributed by atoms with Crippen molar-refractivity contribution in [3.05, 3.63) is 47.8 Å². The van der Waals surface area contributed by atoms with E-state index in [2.05, 4.69) is 15.2 Å². The summed E-state index contributed by atoms with van der Waals surface area (Å²) in [6.45, 7) is 1.38. The van der Waals surface area contributed by atoms with Crippen LogP contribution >= 0.6 is 0 Å². The lowest BCUT2D eigenvalue weighted by Crippen LogP contribution is -2.17. The van der Waals surface area contributed by atoms with E-state index in [1.54, 1.807) is 18.3 Å². The molecule has 2 aromatic rings. The lowest BCUT2D eigenvalue weighted by molar-refractivity contribution is 0.373. The standard InChI is InChI=1S/C16H21N3O2/c1-19(2)14-6-7-17-10-13(14)11-18-9-12-4-5-16(21-3)15(20)8-12/h4-8,10,18,20H,9,11H2,1-3H3. The summed E-state index contributed by atoms with van der Waals surface area (Å²) in [4.78, 5) is 6.23. The third-order valence-electron chi connectivity index (χ3n) is 3.25. The van der Waals surface area contributed by atoms with Crippen LogP contribution in [0.25, 0.3) is 0 Å². The summed E-state index contributed by atoms with van der Waals surface area (Å²) in [5.74, 6) is 0.646.